The molecule has 142 valence electrons. The minimum Gasteiger partial charge on any atom is -0.465 e. The van der Waals surface area contributed by atoms with Gasteiger partial charge >= 0.3 is 5.97 Å². The van der Waals surface area contributed by atoms with Crippen LogP contribution in [0.25, 0.3) is 0 Å². The zero-order chi connectivity index (χ0) is 20.1. The number of pyridine rings is 1. The third kappa shape index (κ3) is 4.27. The van der Waals surface area contributed by atoms with E-state index in [1.165, 1.54) is 25.3 Å². The van der Waals surface area contributed by atoms with E-state index in [4.69, 9.17) is 11.6 Å². The molecule has 0 bridgehead atoms. The molecule has 2 aromatic carbocycles. The highest BCUT2D eigenvalue weighted by atomic mass is 35.5. The van der Waals surface area contributed by atoms with Crippen LogP contribution in [0.1, 0.15) is 27.7 Å². The molecule has 1 heterocycles. The molecule has 0 spiro atoms. The molecule has 0 fully saturated rings. The Morgan fingerprint density at radius 2 is 2.00 bits per heavy atom. The Morgan fingerprint density at radius 1 is 1.18 bits per heavy atom. The number of halogens is 1. The van der Waals surface area contributed by atoms with E-state index in [1.54, 1.807) is 24.4 Å². The van der Waals surface area contributed by atoms with E-state index < -0.39 is 10.9 Å². The number of nitrogens with zero attached hydrogens (tertiary/aromatic N) is 2. The van der Waals surface area contributed by atoms with Crippen molar-refractivity contribution < 1.29 is 14.5 Å². The first-order chi connectivity index (χ1) is 13.5. The maximum atomic E-state index is 12.0. The van der Waals surface area contributed by atoms with Gasteiger partial charge in [0.1, 0.15) is 5.56 Å². The maximum absolute atomic E-state index is 12.0. The fourth-order valence-electron chi connectivity index (χ4n) is 2.79. The standard InChI is InChI=1S/C20H16ClN3O4/c1-28-20(25)16-12-15(8-9-18(16)24(26)27)23-19(17-7-2-3-10-22-17)13-5-4-6-14(21)11-13/h2-12,19,23H,1H3. The van der Waals surface area contributed by atoms with Crippen LogP contribution in [-0.4, -0.2) is 23.0 Å². The molecule has 0 aliphatic rings. The number of methoxy groups -OCH3 is 1. The summed E-state index contributed by atoms with van der Waals surface area (Å²) < 4.78 is 4.67. The number of nitro groups is 1. The third-order valence-corrected chi connectivity index (χ3v) is 4.31. The summed E-state index contributed by atoms with van der Waals surface area (Å²) in [6.07, 6.45) is 1.67. The molecule has 1 unspecified atom stereocenters. The van der Waals surface area contributed by atoms with Crippen molar-refractivity contribution in [3.63, 3.8) is 0 Å². The molecular formula is C20H16ClN3O4. The van der Waals surface area contributed by atoms with Gasteiger partial charge in [-0.3, -0.25) is 15.1 Å². The Morgan fingerprint density at radius 3 is 2.64 bits per heavy atom. The molecular weight excluding hydrogens is 382 g/mol. The second-order valence-corrected chi connectivity index (χ2v) is 6.30. The average molecular weight is 398 g/mol. The van der Waals surface area contributed by atoms with Crippen molar-refractivity contribution in [3.05, 3.63) is 98.8 Å². The van der Waals surface area contributed by atoms with Gasteiger partial charge in [-0.15, -0.1) is 0 Å². The largest absolute Gasteiger partial charge is 0.465 e. The SMILES string of the molecule is COC(=O)c1cc(NC(c2cccc(Cl)c2)c2ccccn2)ccc1[N+](=O)[O-]. The number of aromatic nitrogens is 1. The monoisotopic (exact) mass is 397 g/mol. The van der Waals surface area contributed by atoms with Gasteiger partial charge in [-0.2, -0.15) is 0 Å². The second-order valence-electron chi connectivity index (χ2n) is 5.87. The highest BCUT2D eigenvalue weighted by Crippen LogP contribution is 2.30. The van der Waals surface area contributed by atoms with Crippen molar-refractivity contribution in [1.82, 2.24) is 4.98 Å². The number of hydrogen-bond acceptors (Lipinski definition) is 6. The van der Waals surface area contributed by atoms with Gasteiger partial charge in [0.25, 0.3) is 5.69 Å². The van der Waals surface area contributed by atoms with E-state index in [0.29, 0.717) is 10.7 Å². The minimum atomic E-state index is -0.785. The molecule has 0 saturated carbocycles. The summed E-state index contributed by atoms with van der Waals surface area (Å²) in [4.78, 5) is 27.0. The molecule has 7 nitrogen and oxygen atoms in total. The van der Waals surface area contributed by atoms with Crippen molar-refractivity contribution >= 4 is 28.9 Å². The van der Waals surface area contributed by atoms with Gasteiger partial charge < -0.3 is 10.1 Å². The number of rotatable bonds is 6. The van der Waals surface area contributed by atoms with Crippen LogP contribution in [0, 0.1) is 10.1 Å². The fourth-order valence-corrected chi connectivity index (χ4v) is 2.98. The topological polar surface area (TPSA) is 94.4 Å². The molecule has 1 atom stereocenters. The van der Waals surface area contributed by atoms with Crippen molar-refractivity contribution in [2.75, 3.05) is 12.4 Å². The van der Waals surface area contributed by atoms with E-state index in [9.17, 15) is 14.9 Å². The lowest BCUT2D eigenvalue weighted by Gasteiger charge is -2.20. The molecule has 28 heavy (non-hydrogen) atoms. The summed E-state index contributed by atoms with van der Waals surface area (Å²) in [5.41, 5.74) is 1.62. The van der Waals surface area contributed by atoms with E-state index in [1.807, 2.05) is 24.3 Å². The normalized spacial score (nSPS) is 11.5. The first-order valence-corrected chi connectivity index (χ1v) is 8.67. The number of esters is 1. The fraction of sp³-hybridized carbons (Fsp3) is 0.100. The number of carbonyl (C=O) groups is 1. The number of hydrogen-bond donors (Lipinski definition) is 1. The Balaban J connectivity index is 2.04. The predicted octanol–water partition coefficient (Wildman–Crippen LogP) is 4.63. The van der Waals surface area contributed by atoms with Crippen LogP contribution in [0.3, 0.4) is 0 Å². The maximum Gasteiger partial charge on any atom is 0.344 e. The first kappa shape index (κ1) is 19.3. The molecule has 8 heteroatoms. The lowest BCUT2D eigenvalue weighted by Crippen LogP contribution is -2.15. The Kier molecular flexibility index (Phi) is 5.86. The van der Waals surface area contributed by atoms with Crippen molar-refractivity contribution in [2.45, 2.75) is 6.04 Å². The van der Waals surface area contributed by atoms with Crippen LogP contribution in [-0.2, 0) is 4.74 Å². The van der Waals surface area contributed by atoms with Crippen LogP contribution < -0.4 is 5.32 Å². The number of nitro benzene ring substituents is 1. The molecule has 3 rings (SSSR count). The number of benzene rings is 2. The molecule has 0 amide bonds. The minimum absolute atomic E-state index is 0.136. The molecule has 1 aromatic heterocycles. The zero-order valence-electron chi connectivity index (χ0n) is 14.8. The molecule has 0 radical (unpaired) electrons. The van der Waals surface area contributed by atoms with Crippen LogP contribution >= 0.6 is 11.6 Å². The third-order valence-electron chi connectivity index (χ3n) is 4.08. The van der Waals surface area contributed by atoms with Crippen molar-refractivity contribution in [3.8, 4) is 0 Å². The van der Waals surface area contributed by atoms with Gasteiger partial charge in [-0.05, 0) is 42.0 Å². The summed E-state index contributed by atoms with van der Waals surface area (Å²) in [6, 6.07) is 16.6. The van der Waals surface area contributed by atoms with Gasteiger partial charge in [0, 0.05) is 23.0 Å². The number of carbonyl (C=O) groups excluding carboxylic acids is 1. The van der Waals surface area contributed by atoms with E-state index >= 15 is 0 Å². The zero-order valence-corrected chi connectivity index (χ0v) is 15.6. The van der Waals surface area contributed by atoms with Gasteiger partial charge in [-0.25, -0.2) is 4.79 Å². The van der Waals surface area contributed by atoms with Gasteiger partial charge in [0.05, 0.1) is 23.8 Å². The summed E-state index contributed by atoms with van der Waals surface area (Å²) in [7, 11) is 1.18. The van der Waals surface area contributed by atoms with Crippen LogP contribution in [0.15, 0.2) is 66.9 Å². The smallest absolute Gasteiger partial charge is 0.344 e. The molecule has 0 saturated heterocycles. The highest BCUT2D eigenvalue weighted by Gasteiger charge is 2.23. The number of ether oxygens (including phenoxy) is 1. The van der Waals surface area contributed by atoms with E-state index in [0.717, 1.165) is 11.3 Å². The highest BCUT2D eigenvalue weighted by molar-refractivity contribution is 6.30. The van der Waals surface area contributed by atoms with Crippen LogP contribution in [0.2, 0.25) is 5.02 Å². The van der Waals surface area contributed by atoms with Crippen LogP contribution in [0.4, 0.5) is 11.4 Å². The van der Waals surface area contributed by atoms with Gasteiger partial charge in [-0.1, -0.05) is 29.8 Å². The number of nitrogens with one attached hydrogen (secondary N) is 1. The lowest BCUT2D eigenvalue weighted by atomic mass is 10.0. The van der Waals surface area contributed by atoms with Crippen molar-refractivity contribution in [2.24, 2.45) is 0 Å². The molecule has 0 aliphatic heterocycles. The lowest BCUT2D eigenvalue weighted by molar-refractivity contribution is -0.385. The Bertz CT molecular complexity index is 1010. The van der Waals surface area contributed by atoms with Gasteiger partial charge in [0.15, 0.2) is 0 Å². The quantitative estimate of drug-likeness (QED) is 0.370. The molecule has 0 aliphatic carbocycles. The Hall–Kier alpha value is -3.45. The number of anilines is 1. The summed E-state index contributed by atoms with van der Waals surface area (Å²) in [5.74, 6) is -0.785. The summed E-state index contributed by atoms with van der Waals surface area (Å²) in [6.45, 7) is 0. The Labute approximate surface area is 166 Å². The van der Waals surface area contributed by atoms with Crippen molar-refractivity contribution in [1.29, 1.82) is 0 Å². The predicted molar refractivity (Wildman–Crippen MR) is 106 cm³/mol. The first-order valence-electron chi connectivity index (χ1n) is 8.29. The summed E-state index contributed by atoms with van der Waals surface area (Å²) in [5, 5.41) is 15.1. The van der Waals surface area contributed by atoms with Gasteiger partial charge in [0.2, 0.25) is 0 Å². The van der Waals surface area contributed by atoms with Crippen LogP contribution in [0.5, 0.6) is 0 Å². The van der Waals surface area contributed by atoms with E-state index in [-0.39, 0.29) is 17.3 Å². The molecule has 3 aromatic rings. The van der Waals surface area contributed by atoms with E-state index in [2.05, 4.69) is 15.0 Å². The second kappa shape index (κ2) is 8.49. The summed E-state index contributed by atoms with van der Waals surface area (Å²) >= 11 is 6.14. The molecule has 1 N–H and O–H groups in total. The average Bonchev–Trinajstić information content (AvgIpc) is 2.71.